The van der Waals surface area contributed by atoms with E-state index < -0.39 is 0 Å². The normalized spacial score (nSPS) is 11.3. The van der Waals surface area contributed by atoms with Gasteiger partial charge in [-0.25, -0.2) is 0 Å². The van der Waals surface area contributed by atoms with E-state index in [1.54, 1.807) is 0 Å². The summed E-state index contributed by atoms with van der Waals surface area (Å²) in [6.45, 7) is 0. The molecule has 0 unspecified atom stereocenters. The smallest absolute Gasteiger partial charge is 0.128 e. The van der Waals surface area contributed by atoms with Crippen molar-refractivity contribution in [2.45, 2.75) is 0 Å². The van der Waals surface area contributed by atoms with Crippen LogP contribution < -0.4 is 0 Å². The maximum atomic E-state index is 9.81. The second-order valence-corrected chi connectivity index (χ2v) is 4.86. The Labute approximate surface area is 99.6 Å². The Morgan fingerprint density at radius 3 is 1.47 bits per heavy atom. The quantitative estimate of drug-likeness (QED) is 0.493. The molecule has 0 aliphatic carbocycles. The highest BCUT2D eigenvalue weighted by Gasteiger charge is 2.14. The van der Waals surface area contributed by atoms with E-state index in [-0.39, 0.29) is 23.0 Å². The topological polar surface area (TPSA) is 80.9 Å². The first-order chi connectivity index (χ1) is 8.06. The van der Waals surface area contributed by atoms with Crippen molar-refractivity contribution in [2.24, 2.45) is 0 Å². The second kappa shape index (κ2) is 3.18. The summed E-state index contributed by atoms with van der Waals surface area (Å²) in [6, 6.07) is 5.47. The van der Waals surface area contributed by atoms with Crippen molar-refractivity contribution in [1.29, 1.82) is 0 Å². The molecule has 1 heterocycles. The Morgan fingerprint density at radius 2 is 1.06 bits per heavy atom. The molecule has 0 amide bonds. The Kier molecular flexibility index (Phi) is 1.88. The first-order valence-corrected chi connectivity index (χ1v) is 5.68. The Balaban J connectivity index is 2.60. The maximum absolute atomic E-state index is 9.81. The third-order valence-electron chi connectivity index (χ3n) is 2.60. The molecule has 5 heteroatoms. The van der Waals surface area contributed by atoms with Gasteiger partial charge in [0.05, 0.1) is 0 Å². The molecule has 0 atom stereocenters. The molecular weight excluding hydrogens is 240 g/mol. The number of thiophene rings is 1. The number of phenolic OH excluding ortho intramolecular Hbond substituents is 4. The number of phenols is 4. The maximum Gasteiger partial charge on any atom is 0.128 e. The fourth-order valence-corrected chi connectivity index (χ4v) is 3.17. The predicted molar refractivity (Wildman–Crippen MR) is 66.0 cm³/mol. The predicted octanol–water partition coefficient (Wildman–Crippen LogP) is 2.88. The van der Waals surface area contributed by atoms with Crippen molar-refractivity contribution < 1.29 is 20.4 Å². The lowest BCUT2D eigenvalue weighted by molar-refractivity contribution is 0.452. The standard InChI is InChI=1S/C12H8O4S/c13-5-1-7(15)11-9(3-5)17-10-4-6(14)2-8(16)12(10)11/h1-4,13-16H. The summed E-state index contributed by atoms with van der Waals surface area (Å²) in [5, 5.41) is 39.4. The number of fused-ring (bicyclic) bond motifs is 3. The van der Waals surface area contributed by atoms with Gasteiger partial charge in [0.2, 0.25) is 0 Å². The van der Waals surface area contributed by atoms with Crippen LogP contribution in [0.3, 0.4) is 0 Å². The summed E-state index contributed by atoms with van der Waals surface area (Å²) in [5.74, 6) is -0.255. The van der Waals surface area contributed by atoms with E-state index in [1.807, 2.05) is 0 Å². The average Bonchev–Trinajstić information content (AvgIpc) is 2.55. The second-order valence-electron chi connectivity index (χ2n) is 3.78. The van der Waals surface area contributed by atoms with Crippen LogP contribution in [-0.2, 0) is 0 Å². The van der Waals surface area contributed by atoms with E-state index in [2.05, 4.69) is 0 Å². The highest BCUT2D eigenvalue weighted by atomic mass is 32.1. The third-order valence-corrected chi connectivity index (χ3v) is 3.69. The Morgan fingerprint density at radius 1 is 0.647 bits per heavy atom. The molecule has 0 aliphatic rings. The van der Waals surface area contributed by atoms with E-state index in [4.69, 9.17) is 0 Å². The van der Waals surface area contributed by atoms with Gasteiger partial charge in [-0.3, -0.25) is 0 Å². The molecule has 4 N–H and O–H groups in total. The monoisotopic (exact) mass is 248 g/mol. The van der Waals surface area contributed by atoms with Crippen molar-refractivity contribution in [2.75, 3.05) is 0 Å². The van der Waals surface area contributed by atoms with Crippen molar-refractivity contribution in [3.63, 3.8) is 0 Å². The van der Waals surface area contributed by atoms with Gasteiger partial charge in [0.25, 0.3) is 0 Å². The largest absolute Gasteiger partial charge is 0.508 e. The van der Waals surface area contributed by atoms with Crippen molar-refractivity contribution in [3.8, 4) is 23.0 Å². The van der Waals surface area contributed by atoms with E-state index in [9.17, 15) is 20.4 Å². The molecule has 4 nitrogen and oxygen atoms in total. The van der Waals surface area contributed by atoms with Crippen LogP contribution in [-0.4, -0.2) is 20.4 Å². The number of benzene rings is 2. The first-order valence-electron chi connectivity index (χ1n) is 4.86. The third kappa shape index (κ3) is 1.36. The van der Waals surface area contributed by atoms with Crippen LogP contribution in [0.1, 0.15) is 0 Å². The lowest BCUT2D eigenvalue weighted by atomic mass is 10.1. The van der Waals surface area contributed by atoms with Crippen LogP contribution in [0.25, 0.3) is 20.2 Å². The summed E-state index contributed by atoms with van der Waals surface area (Å²) >= 11 is 1.28. The molecule has 3 aromatic rings. The molecule has 17 heavy (non-hydrogen) atoms. The average molecular weight is 248 g/mol. The minimum atomic E-state index is -0.0905. The first kappa shape index (κ1) is 10.0. The van der Waals surface area contributed by atoms with Crippen molar-refractivity contribution in [3.05, 3.63) is 24.3 Å². The molecule has 0 spiro atoms. The zero-order valence-corrected chi connectivity index (χ0v) is 9.32. The summed E-state index contributed by atoms with van der Waals surface area (Å²) in [5.41, 5.74) is 0. The van der Waals surface area contributed by atoms with Gasteiger partial charge in [-0.15, -0.1) is 11.3 Å². The van der Waals surface area contributed by atoms with Crippen LogP contribution in [0.15, 0.2) is 24.3 Å². The van der Waals surface area contributed by atoms with Gasteiger partial charge in [-0.1, -0.05) is 0 Å². The Bertz CT molecular complexity index is 683. The summed E-state index contributed by atoms with van der Waals surface area (Å²) in [4.78, 5) is 0. The Hall–Kier alpha value is -2.14. The molecule has 0 fully saturated rings. The van der Waals surface area contributed by atoms with E-state index in [0.29, 0.717) is 20.2 Å². The minimum Gasteiger partial charge on any atom is -0.508 e. The van der Waals surface area contributed by atoms with E-state index in [1.165, 1.54) is 35.6 Å². The van der Waals surface area contributed by atoms with Gasteiger partial charge in [-0.05, 0) is 12.1 Å². The number of hydrogen-bond acceptors (Lipinski definition) is 5. The molecule has 0 aliphatic heterocycles. The van der Waals surface area contributed by atoms with Crippen molar-refractivity contribution in [1.82, 2.24) is 0 Å². The van der Waals surface area contributed by atoms with Gasteiger partial charge in [0, 0.05) is 32.3 Å². The highest BCUT2D eigenvalue weighted by Crippen LogP contribution is 2.45. The van der Waals surface area contributed by atoms with Gasteiger partial charge < -0.3 is 20.4 Å². The number of rotatable bonds is 0. The summed E-state index contributed by atoms with van der Waals surface area (Å²) in [6.07, 6.45) is 0. The highest BCUT2D eigenvalue weighted by molar-refractivity contribution is 7.26. The zero-order valence-electron chi connectivity index (χ0n) is 8.51. The number of aromatic hydroxyl groups is 4. The summed E-state index contributed by atoms with van der Waals surface area (Å²) in [7, 11) is 0. The van der Waals surface area contributed by atoms with Crippen LogP contribution in [0.5, 0.6) is 23.0 Å². The molecule has 2 aromatic carbocycles. The van der Waals surface area contributed by atoms with Gasteiger partial charge in [-0.2, -0.15) is 0 Å². The van der Waals surface area contributed by atoms with Gasteiger partial charge in [0.1, 0.15) is 23.0 Å². The number of hydrogen-bond donors (Lipinski definition) is 4. The molecule has 0 radical (unpaired) electrons. The van der Waals surface area contributed by atoms with Gasteiger partial charge in [0.15, 0.2) is 0 Å². The summed E-state index contributed by atoms with van der Waals surface area (Å²) < 4.78 is 1.30. The van der Waals surface area contributed by atoms with Crippen molar-refractivity contribution >= 4 is 31.5 Å². The lowest BCUT2D eigenvalue weighted by Crippen LogP contribution is -1.72. The fraction of sp³-hybridized carbons (Fsp3) is 0. The van der Waals surface area contributed by atoms with Crippen LogP contribution in [0.2, 0.25) is 0 Å². The minimum absolute atomic E-state index is 0.0368. The van der Waals surface area contributed by atoms with Gasteiger partial charge >= 0.3 is 0 Å². The zero-order chi connectivity index (χ0) is 12.2. The molecule has 1 aromatic heterocycles. The fourth-order valence-electron chi connectivity index (χ4n) is 1.96. The SMILES string of the molecule is Oc1cc(O)c2c(c1)sc1cc(O)cc(O)c12. The lowest BCUT2D eigenvalue weighted by Gasteiger charge is -2.00. The molecule has 0 bridgehead atoms. The van der Waals surface area contributed by atoms with Crippen LogP contribution in [0, 0.1) is 0 Å². The van der Waals surface area contributed by atoms with E-state index in [0.717, 1.165) is 0 Å². The van der Waals surface area contributed by atoms with E-state index >= 15 is 0 Å². The molecule has 0 saturated heterocycles. The molecule has 0 saturated carbocycles. The molecular formula is C12H8O4S. The van der Waals surface area contributed by atoms with Crippen LogP contribution in [0.4, 0.5) is 0 Å². The molecule has 3 rings (SSSR count). The van der Waals surface area contributed by atoms with Crippen LogP contribution >= 0.6 is 11.3 Å². The molecule has 86 valence electrons.